The van der Waals surface area contributed by atoms with E-state index < -0.39 is 0 Å². The number of anilines is 1. The molecular formula is C16H16N4OS. The maximum absolute atomic E-state index is 12.6. The van der Waals surface area contributed by atoms with Gasteiger partial charge in [0, 0.05) is 16.2 Å². The molecule has 0 saturated carbocycles. The topological polar surface area (TPSA) is 72.9 Å². The lowest BCUT2D eigenvalue weighted by Gasteiger charge is -2.27. The van der Waals surface area contributed by atoms with E-state index >= 15 is 0 Å². The van der Waals surface area contributed by atoms with Crippen molar-refractivity contribution >= 4 is 17.4 Å². The van der Waals surface area contributed by atoms with E-state index in [9.17, 15) is 4.79 Å². The van der Waals surface area contributed by atoms with Gasteiger partial charge in [-0.05, 0) is 25.7 Å². The second kappa shape index (κ2) is 5.21. The number of hydrogen-bond donors (Lipinski definition) is 2. The van der Waals surface area contributed by atoms with Crippen molar-refractivity contribution in [2.24, 2.45) is 0 Å². The maximum Gasteiger partial charge on any atom is 0.297 e. The molecule has 6 heteroatoms. The van der Waals surface area contributed by atoms with Crippen molar-refractivity contribution in [2.75, 3.05) is 11.2 Å². The van der Waals surface area contributed by atoms with Crippen LogP contribution in [0, 0.1) is 0 Å². The Morgan fingerprint density at radius 3 is 2.77 bits per heavy atom. The first kappa shape index (κ1) is 13.5. The minimum atomic E-state index is -0.228. The van der Waals surface area contributed by atoms with E-state index in [2.05, 4.69) is 10.3 Å². The largest absolute Gasteiger partial charge is 0.351 e. The Morgan fingerprint density at radius 1 is 1.18 bits per heavy atom. The second-order valence-electron chi connectivity index (χ2n) is 5.49. The van der Waals surface area contributed by atoms with Crippen LogP contribution in [0.15, 0.2) is 50.8 Å². The van der Waals surface area contributed by atoms with Crippen LogP contribution in [0.5, 0.6) is 0 Å². The number of hydrogen-bond acceptors (Lipinski definition) is 5. The lowest BCUT2D eigenvalue weighted by molar-refractivity contribution is 0.692. The highest BCUT2D eigenvalue weighted by Gasteiger charge is 2.26. The first-order valence-corrected chi connectivity index (χ1v) is 8.20. The van der Waals surface area contributed by atoms with Gasteiger partial charge in [0.25, 0.3) is 5.56 Å². The summed E-state index contributed by atoms with van der Waals surface area (Å²) in [6.45, 7) is 0. The molecule has 0 saturated heterocycles. The minimum absolute atomic E-state index is 0.228. The lowest BCUT2D eigenvalue weighted by atomic mass is 10.0. The minimum Gasteiger partial charge on any atom is -0.351 e. The molecular weight excluding hydrogens is 296 g/mol. The third-order valence-electron chi connectivity index (χ3n) is 4.03. The molecule has 0 radical (unpaired) electrons. The number of nitrogen functional groups attached to an aromatic ring is 1. The van der Waals surface area contributed by atoms with E-state index in [1.54, 1.807) is 11.8 Å². The van der Waals surface area contributed by atoms with Crippen LogP contribution in [0.2, 0.25) is 0 Å². The van der Waals surface area contributed by atoms with Crippen molar-refractivity contribution in [1.29, 1.82) is 0 Å². The van der Waals surface area contributed by atoms with Gasteiger partial charge in [-0.25, -0.2) is 9.66 Å². The molecule has 2 heterocycles. The van der Waals surface area contributed by atoms with E-state index in [1.807, 2.05) is 30.3 Å². The summed E-state index contributed by atoms with van der Waals surface area (Å²) in [6, 6.07) is 9.56. The molecule has 0 unspecified atom stereocenters. The summed E-state index contributed by atoms with van der Waals surface area (Å²) in [6.07, 6.45) is 4.41. The van der Waals surface area contributed by atoms with Gasteiger partial charge in [0.2, 0.25) is 0 Å². The normalized spacial score (nSPS) is 16.7. The molecule has 112 valence electrons. The van der Waals surface area contributed by atoms with Crippen LogP contribution in [0.1, 0.15) is 25.7 Å². The highest BCUT2D eigenvalue weighted by Crippen LogP contribution is 2.43. The Bertz CT molecular complexity index is 826. The highest BCUT2D eigenvalue weighted by molar-refractivity contribution is 8.03. The zero-order valence-electron chi connectivity index (χ0n) is 12.0. The molecule has 0 spiro atoms. The first-order valence-electron chi connectivity index (χ1n) is 7.38. The molecule has 2 aliphatic rings. The Labute approximate surface area is 132 Å². The average molecular weight is 312 g/mol. The molecule has 0 amide bonds. The van der Waals surface area contributed by atoms with Crippen LogP contribution < -0.4 is 16.7 Å². The third-order valence-corrected chi connectivity index (χ3v) is 5.21. The summed E-state index contributed by atoms with van der Waals surface area (Å²) < 4.78 is 1.14. The van der Waals surface area contributed by atoms with E-state index in [0.717, 1.165) is 40.2 Å². The van der Waals surface area contributed by atoms with Crippen molar-refractivity contribution in [3.05, 3.63) is 51.3 Å². The van der Waals surface area contributed by atoms with Gasteiger partial charge in [-0.2, -0.15) is 0 Å². The molecule has 0 atom stereocenters. The number of allylic oxidation sites excluding steroid dienone is 2. The molecule has 1 aliphatic heterocycles. The molecule has 0 fully saturated rings. The van der Waals surface area contributed by atoms with Gasteiger partial charge in [0.1, 0.15) is 10.7 Å². The Balaban J connectivity index is 1.85. The van der Waals surface area contributed by atoms with Crippen molar-refractivity contribution < 1.29 is 0 Å². The van der Waals surface area contributed by atoms with E-state index in [4.69, 9.17) is 5.84 Å². The predicted molar refractivity (Wildman–Crippen MR) is 89.1 cm³/mol. The molecule has 5 nitrogen and oxygen atoms in total. The van der Waals surface area contributed by atoms with Crippen LogP contribution in [-0.2, 0) is 0 Å². The fourth-order valence-corrected chi connectivity index (χ4v) is 4.00. The summed E-state index contributed by atoms with van der Waals surface area (Å²) in [4.78, 5) is 18.5. The number of nitrogens with zero attached hydrogens (tertiary/aromatic N) is 2. The van der Waals surface area contributed by atoms with Crippen molar-refractivity contribution in [3.63, 3.8) is 0 Å². The first-order chi connectivity index (χ1) is 10.7. The van der Waals surface area contributed by atoms with E-state index in [1.165, 1.54) is 11.3 Å². The predicted octanol–water partition coefficient (Wildman–Crippen LogP) is 2.93. The summed E-state index contributed by atoms with van der Waals surface area (Å²) in [5.41, 5.74) is 2.28. The van der Waals surface area contributed by atoms with Crippen LogP contribution in [0.25, 0.3) is 11.4 Å². The number of fused-ring (bicyclic) bond motifs is 1. The van der Waals surface area contributed by atoms with Gasteiger partial charge >= 0.3 is 0 Å². The molecule has 3 N–H and O–H groups in total. The number of benzene rings is 1. The zero-order chi connectivity index (χ0) is 15.1. The zero-order valence-corrected chi connectivity index (χ0v) is 12.8. The van der Waals surface area contributed by atoms with Crippen LogP contribution >= 0.6 is 11.8 Å². The smallest absolute Gasteiger partial charge is 0.297 e. The maximum atomic E-state index is 12.6. The fourth-order valence-electron chi connectivity index (χ4n) is 2.88. The number of thioether (sulfide) groups is 1. The molecule has 2 aromatic rings. The van der Waals surface area contributed by atoms with E-state index in [0.29, 0.717) is 11.5 Å². The Morgan fingerprint density at radius 2 is 1.95 bits per heavy atom. The molecule has 4 rings (SSSR count). The third kappa shape index (κ3) is 2.11. The summed E-state index contributed by atoms with van der Waals surface area (Å²) in [5, 5.41) is 4.00. The van der Waals surface area contributed by atoms with Gasteiger partial charge in [-0.15, -0.1) is 0 Å². The average Bonchev–Trinajstić information content (AvgIpc) is 2.57. The number of nitrogens with two attached hydrogens (primary N) is 1. The molecule has 0 bridgehead atoms. The standard InChI is InChI=1S/C16H16N4OS/c17-20-14(10-6-2-1-3-7-10)19-15-13(16(20)21)18-11-8-4-5-9-12(11)22-15/h1-3,6-7,18H,4-5,8-9,17H2. The molecule has 1 aromatic heterocycles. The molecule has 1 aliphatic carbocycles. The second-order valence-corrected chi connectivity index (χ2v) is 6.58. The number of rotatable bonds is 1. The van der Waals surface area contributed by atoms with Gasteiger partial charge in [-0.1, -0.05) is 42.1 Å². The van der Waals surface area contributed by atoms with Gasteiger partial charge in [-0.3, -0.25) is 4.79 Å². The number of nitrogens with one attached hydrogen (secondary N) is 1. The summed E-state index contributed by atoms with van der Waals surface area (Å²) in [7, 11) is 0. The lowest BCUT2D eigenvalue weighted by Crippen LogP contribution is -2.33. The van der Waals surface area contributed by atoms with Crippen LogP contribution in [0.4, 0.5) is 5.69 Å². The van der Waals surface area contributed by atoms with Crippen molar-refractivity contribution in [2.45, 2.75) is 30.7 Å². The molecule has 22 heavy (non-hydrogen) atoms. The number of aromatic nitrogens is 2. The van der Waals surface area contributed by atoms with Crippen molar-refractivity contribution in [3.8, 4) is 11.4 Å². The van der Waals surface area contributed by atoms with Gasteiger partial charge < -0.3 is 11.2 Å². The van der Waals surface area contributed by atoms with Crippen molar-refractivity contribution in [1.82, 2.24) is 9.66 Å². The van der Waals surface area contributed by atoms with E-state index in [-0.39, 0.29) is 5.56 Å². The Kier molecular flexibility index (Phi) is 3.18. The fraction of sp³-hybridized carbons (Fsp3) is 0.250. The summed E-state index contributed by atoms with van der Waals surface area (Å²) >= 11 is 1.61. The Hall–Kier alpha value is -2.21. The summed E-state index contributed by atoms with van der Waals surface area (Å²) in [5.74, 6) is 6.48. The van der Waals surface area contributed by atoms with Crippen LogP contribution in [-0.4, -0.2) is 9.66 Å². The quantitative estimate of drug-likeness (QED) is 0.625. The monoisotopic (exact) mass is 312 g/mol. The van der Waals surface area contributed by atoms with Gasteiger partial charge in [0.15, 0.2) is 5.82 Å². The highest BCUT2D eigenvalue weighted by atomic mass is 32.2. The van der Waals surface area contributed by atoms with Gasteiger partial charge in [0.05, 0.1) is 0 Å². The molecule has 1 aromatic carbocycles. The SMILES string of the molecule is Nn1c(-c2ccccc2)nc2c(c1=O)NC1=C(CCCC1)S2. The van der Waals surface area contributed by atoms with Crippen LogP contribution in [0.3, 0.4) is 0 Å².